The number of nitrogens with one attached hydrogen (secondary N) is 2. The number of amides is 2. The van der Waals surface area contributed by atoms with Crippen molar-refractivity contribution in [3.8, 4) is 0 Å². The minimum absolute atomic E-state index is 0.433. The maximum Gasteiger partial charge on any atom is 0.326 e. The van der Waals surface area contributed by atoms with E-state index in [1.807, 2.05) is 6.92 Å². The number of urea groups is 1. The summed E-state index contributed by atoms with van der Waals surface area (Å²) in [6.07, 6.45) is 4.02. The standard InChI is InChI=1S/C13H26N2O4/c1-3-5-9-19-10-6-8-14-13(18)15-11(7-4-2)12(16)17/h11H,3-10H2,1-2H3,(H,16,17)(H2,14,15,18)/t11-/m0/s1. The van der Waals surface area contributed by atoms with Crippen LogP contribution in [0.15, 0.2) is 0 Å². The highest BCUT2D eigenvalue weighted by Gasteiger charge is 2.18. The third-order valence-corrected chi connectivity index (χ3v) is 2.57. The van der Waals surface area contributed by atoms with Crippen molar-refractivity contribution in [2.75, 3.05) is 19.8 Å². The van der Waals surface area contributed by atoms with Crippen LogP contribution < -0.4 is 10.6 Å². The van der Waals surface area contributed by atoms with Crippen molar-refractivity contribution < 1.29 is 19.4 Å². The van der Waals surface area contributed by atoms with Gasteiger partial charge in [0.2, 0.25) is 0 Å². The highest BCUT2D eigenvalue weighted by Crippen LogP contribution is 1.96. The maximum absolute atomic E-state index is 11.4. The van der Waals surface area contributed by atoms with Gasteiger partial charge in [0.15, 0.2) is 0 Å². The summed E-state index contributed by atoms with van der Waals surface area (Å²) in [6.45, 7) is 5.82. The average Bonchev–Trinajstić information content (AvgIpc) is 2.37. The molecule has 0 radical (unpaired) electrons. The van der Waals surface area contributed by atoms with E-state index in [0.29, 0.717) is 26.0 Å². The normalized spacial score (nSPS) is 11.9. The van der Waals surface area contributed by atoms with Gasteiger partial charge in [-0.3, -0.25) is 0 Å². The molecule has 2 amide bonds. The molecule has 0 aromatic carbocycles. The number of carboxylic acids is 1. The van der Waals surface area contributed by atoms with Crippen molar-refractivity contribution in [1.29, 1.82) is 0 Å². The van der Waals surface area contributed by atoms with Gasteiger partial charge >= 0.3 is 12.0 Å². The highest BCUT2D eigenvalue weighted by molar-refractivity contribution is 5.82. The molecule has 0 aromatic heterocycles. The molecule has 0 saturated heterocycles. The summed E-state index contributed by atoms with van der Waals surface area (Å²) < 4.78 is 5.35. The monoisotopic (exact) mass is 274 g/mol. The molecule has 6 heteroatoms. The molecule has 0 rings (SSSR count). The second-order valence-corrected chi connectivity index (χ2v) is 4.40. The molecule has 0 unspecified atom stereocenters. The number of hydrogen-bond acceptors (Lipinski definition) is 3. The second kappa shape index (κ2) is 11.8. The van der Waals surface area contributed by atoms with Crippen LogP contribution in [0.5, 0.6) is 0 Å². The smallest absolute Gasteiger partial charge is 0.326 e. The second-order valence-electron chi connectivity index (χ2n) is 4.40. The highest BCUT2D eigenvalue weighted by atomic mass is 16.5. The minimum atomic E-state index is -1.00. The van der Waals surface area contributed by atoms with E-state index in [0.717, 1.165) is 25.9 Å². The molecule has 3 N–H and O–H groups in total. The molecule has 0 aromatic rings. The van der Waals surface area contributed by atoms with Crippen LogP contribution in [0.4, 0.5) is 4.79 Å². The van der Waals surface area contributed by atoms with Gasteiger partial charge in [-0.1, -0.05) is 26.7 Å². The molecule has 0 aliphatic rings. The molecule has 19 heavy (non-hydrogen) atoms. The van der Waals surface area contributed by atoms with E-state index in [4.69, 9.17) is 9.84 Å². The molecule has 0 saturated carbocycles. The lowest BCUT2D eigenvalue weighted by Crippen LogP contribution is -2.46. The van der Waals surface area contributed by atoms with Gasteiger partial charge in [0.25, 0.3) is 0 Å². The van der Waals surface area contributed by atoms with E-state index in [1.165, 1.54) is 0 Å². The summed E-state index contributed by atoms with van der Waals surface area (Å²) in [4.78, 5) is 22.3. The van der Waals surface area contributed by atoms with Crippen molar-refractivity contribution in [1.82, 2.24) is 10.6 Å². The molecule has 0 fully saturated rings. The lowest BCUT2D eigenvalue weighted by Gasteiger charge is -2.14. The number of carbonyl (C=O) groups excluding carboxylic acids is 1. The van der Waals surface area contributed by atoms with Crippen LogP contribution >= 0.6 is 0 Å². The predicted molar refractivity (Wildman–Crippen MR) is 73.2 cm³/mol. The fraction of sp³-hybridized carbons (Fsp3) is 0.846. The number of ether oxygens (including phenoxy) is 1. The molecule has 0 aliphatic carbocycles. The SMILES string of the molecule is CCCCOCCCNC(=O)N[C@@H](CCC)C(=O)O. The van der Waals surface area contributed by atoms with Gasteiger partial charge in [-0.2, -0.15) is 0 Å². The third kappa shape index (κ3) is 10.3. The van der Waals surface area contributed by atoms with Crippen LogP contribution in [0, 0.1) is 0 Å². The molecule has 112 valence electrons. The van der Waals surface area contributed by atoms with Gasteiger partial charge in [0.1, 0.15) is 6.04 Å². The Morgan fingerprint density at radius 1 is 1.16 bits per heavy atom. The molecule has 6 nitrogen and oxygen atoms in total. The van der Waals surface area contributed by atoms with Crippen LogP contribution in [0.1, 0.15) is 46.0 Å². The number of hydrogen-bond donors (Lipinski definition) is 3. The van der Waals surface area contributed by atoms with Crippen LogP contribution in [0.2, 0.25) is 0 Å². The summed E-state index contributed by atoms with van der Waals surface area (Å²) >= 11 is 0. The Balaban J connectivity index is 3.60. The Hall–Kier alpha value is -1.30. The zero-order valence-electron chi connectivity index (χ0n) is 11.9. The predicted octanol–water partition coefficient (Wildman–Crippen LogP) is 1.75. The van der Waals surface area contributed by atoms with E-state index >= 15 is 0 Å². The molecular formula is C13H26N2O4. The van der Waals surface area contributed by atoms with Gasteiger partial charge in [0, 0.05) is 19.8 Å². The lowest BCUT2D eigenvalue weighted by atomic mass is 10.2. The summed E-state index contributed by atoms with van der Waals surface area (Å²) in [5.74, 6) is -1.00. The minimum Gasteiger partial charge on any atom is -0.480 e. The average molecular weight is 274 g/mol. The Morgan fingerprint density at radius 2 is 1.84 bits per heavy atom. The zero-order valence-corrected chi connectivity index (χ0v) is 11.9. The van der Waals surface area contributed by atoms with Crippen molar-refractivity contribution in [3.63, 3.8) is 0 Å². The zero-order chi connectivity index (χ0) is 14.5. The number of unbranched alkanes of at least 4 members (excludes halogenated alkanes) is 1. The summed E-state index contributed by atoms with van der Waals surface area (Å²) in [5.41, 5.74) is 0. The first-order valence-corrected chi connectivity index (χ1v) is 6.96. The summed E-state index contributed by atoms with van der Waals surface area (Å²) in [6, 6.07) is -1.25. The fourth-order valence-electron chi connectivity index (χ4n) is 1.48. The molecule has 0 bridgehead atoms. The fourth-order valence-corrected chi connectivity index (χ4v) is 1.48. The summed E-state index contributed by atoms with van der Waals surface area (Å²) in [5, 5.41) is 13.9. The van der Waals surface area contributed by atoms with Gasteiger partial charge in [-0.05, 0) is 19.3 Å². The Kier molecular flexibility index (Phi) is 11.0. The Morgan fingerprint density at radius 3 is 2.42 bits per heavy atom. The first kappa shape index (κ1) is 17.7. The topological polar surface area (TPSA) is 87.7 Å². The van der Waals surface area contributed by atoms with E-state index in [-0.39, 0.29) is 0 Å². The Bertz CT molecular complexity index is 259. The lowest BCUT2D eigenvalue weighted by molar-refractivity contribution is -0.139. The van der Waals surface area contributed by atoms with Crippen molar-refractivity contribution >= 4 is 12.0 Å². The Labute approximate surface area is 114 Å². The molecule has 0 heterocycles. The molecule has 0 spiro atoms. The van der Waals surface area contributed by atoms with E-state index in [1.54, 1.807) is 0 Å². The molecule has 1 atom stereocenters. The number of rotatable bonds is 11. The van der Waals surface area contributed by atoms with E-state index in [2.05, 4.69) is 17.6 Å². The number of aliphatic carboxylic acids is 1. The van der Waals surface area contributed by atoms with Crippen molar-refractivity contribution in [2.45, 2.75) is 52.0 Å². The van der Waals surface area contributed by atoms with Gasteiger partial charge in [0.05, 0.1) is 0 Å². The van der Waals surface area contributed by atoms with Crippen molar-refractivity contribution in [3.05, 3.63) is 0 Å². The van der Waals surface area contributed by atoms with Gasteiger partial charge < -0.3 is 20.5 Å². The van der Waals surface area contributed by atoms with Crippen LogP contribution in [-0.2, 0) is 9.53 Å². The van der Waals surface area contributed by atoms with E-state index in [9.17, 15) is 9.59 Å². The number of carbonyl (C=O) groups is 2. The number of carboxylic acid groups (broad SMARTS) is 1. The quantitative estimate of drug-likeness (QED) is 0.501. The first-order chi connectivity index (χ1) is 9.11. The maximum atomic E-state index is 11.4. The first-order valence-electron chi connectivity index (χ1n) is 6.96. The van der Waals surface area contributed by atoms with Crippen LogP contribution in [0.25, 0.3) is 0 Å². The van der Waals surface area contributed by atoms with Gasteiger partial charge in [-0.15, -0.1) is 0 Å². The van der Waals surface area contributed by atoms with Crippen LogP contribution in [-0.4, -0.2) is 42.9 Å². The largest absolute Gasteiger partial charge is 0.480 e. The van der Waals surface area contributed by atoms with Crippen molar-refractivity contribution in [2.24, 2.45) is 0 Å². The van der Waals surface area contributed by atoms with E-state index < -0.39 is 18.0 Å². The van der Waals surface area contributed by atoms with Crippen LogP contribution in [0.3, 0.4) is 0 Å². The molecule has 0 aliphatic heterocycles. The van der Waals surface area contributed by atoms with Gasteiger partial charge in [-0.25, -0.2) is 9.59 Å². The summed E-state index contributed by atoms with van der Waals surface area (Å²) in [7, 11) is 0. The molecular weight excluding hydrogens is 248 g/mol. The third-order valence-electron chi connectivity index (χ3n) is 2.57.